The van der Waals surface area contributed by atoms with Crippen LogP contribution in [0.25, 0.3) is 0 Å². The molecule has 0 aliphatic rings. The maximum absolute atomic E-state index is 8.61. The van der Waals surface area contributed by atoms with Crippen molar-refractivity contribution in [1.29, 1.82) is 5.26 Å². The quantitative estimate of drug-likeness (QED) is 0.712. The first-order valence-corrected chi connectivity index (χ1v) is 5.43. The maximum atomic E-state index is 8.61. The van der Waals surface area contributed by atoms with Crippen LogP contribution in [-0.2, 0) is 6.54 Å². The van der Waals surface area contributed by atoms with E-state index >= 15 is 0 Å². The topological polar surface area (TPSA) is 36.3 Å². The van der Waals surface area contributed by atoms with Gasteiger partial charge in [0.25, 0.3) is 0 Å². The Hall–Kier alpha value is -1.53. The summed E-state index contributed by atoms with van der Waals surface area (Å²) in [6.07, 6.45) is 0.169. The summed E-state index contributed by atoms with van der Waals surface area (Å²) < 4.78 is 5.71. The molecule has 0 aliphatic carbocycles. The Kier molecular flexibility index (Phi) is 4.81. The standard InChI is InChI=1S/C13H18N2O/c1-11(2)16-13-7-5-4-6-12(13)10-15(3)9-8-14/h4-7,11H,9-10H2,1-3H3. The van der Waals surface area contributed by atoms with Gasteiger partial charge in [-0.1, -0.05) is 18.2 Å². The van der Waals surface area contributed by atoms with Gasteiger partial charge < -0.3 is 4.74 Å². The first-order chi connectivity index (χ1) is 7.63. The maximum Gasteiger partial charge on any atom is 0.124 e. The van der Waals surface area contributed by atoms with Crippen LogP contribution >= 0.6 is 0 Å². The molecule has 1 aromatic carbocycles. The highest BCUT2D eigenvalue weighted by Gasteiger charge is 2.07. The number of rotatable bonds is 5. The van der Waals surface area contributed by atoms with Gasteiger partial charge in [-0.2, -0.15) is 5.26 Å². The van der Waals surface area contributed by atoms with Crippen LogP contribution in [0.1, 0.15) is 19.4 Å². The van der Waals surface area contributed by atoms with Gasteiger partial charge in [-0.15, -0.1) is 0 Å². The van der Waals surface area contributed by atoms with Crippen molar-refractivity contribution in [3.63, 3.8) is 0 Å². The number of para-hydroxylation sites is 1. The number of hydrogen-bond donors (Lipinski definition) is 0. The van der Waals surface area contributed by atoms with Crippen LogP contribution in [0, 0.1) is 11.3 Å². The zero-order chi connectivity index (χ0) is 12.0. The molecule has 0 bridgehead atoms. The molecule has 0 heterocycles. The van der Waals surface area contributed by atoms with E-state index in [1.54, 1.807) is 0 Å². The predicted octanol–water partition coefficient (Wildman–Crippen LogP) is 2.43. The first kappa shape index (κ1) is 12.5. The predicted molar refractivity (Wildman–Crippen MR) is 64.2 cm³/mol. The molecule has 1 aromatic rings. The highest BCUT2D eigenvalue weighted by molar-refractivity contribution is 5.33. The molecule has 0 fully saturated rings. The monoisotopic (exact) mass is 218 g/mol. The molecule has 3 heteroatoms. The van der Waals surface area contributed by atoms with Gasteiger partial charge in [0.15, 0.2) is 0 Å². The van der Waals surface area contributed by atoms with Crippen molar-refractivity contribution >= 4 is 0 Å². The second-order valence-electron chi connectivity index (χ2n) is 4.10. The Bertz CT molecular complexity index is 368. The van der Waals surface area contributed by atoms with Crippen LogP contribution in [0.15, 0.2) is 24.3 Å². The normalized spacial score (nSPS) is 10.5. The Labute approximate surface area is 97.3 Å². The molecule has 16 heavy (non-hydrogen) atoms. The van der Waals surface area contributed by atoms with Gasteiger partial charge in [-0.05, 0) is 27.0 Å². The zero-order valence-electron chi connectivity index (χ0n) is 10.1. The van der Waals surface area contributed by atoms with Crippen LogP contribution in [0.5, 0.6) is 5.75 Å². The average Bonchev–Trinajstić information content (AvgIpc) is 2.20. The zero-order valence-corrected chi connectivity index (χ0v) is 10.1. The van der Waals surface area contributed by atoms with Gasteiger partial charge in [0.1, 0.15) is 5.75 Å². The van der Waals surface area contributed by atoms with Gasteiger partial charge in [-0.3, -0.25) is 4.90 Å². The fraction of sp³-hybridized carbons (Fsp3) is 0.462. The van der Waals surface area contributed by atoms with E-state index in [-0.39, 0.29) is 6.10 Å². The molecule has 0 amide bonds. The summed E-state index contributed by atoms with van der Waals surface area (Å²) in [7, 11) is 1.93. The van der Waals surface area contributed by atoms with Crippen molar-refractivity contribution in [2.24, 2.45) is 0 Å². The lowest BCUT2D eigenvalue weighted by atomic mass is 10.2. The number of nitrogens with zero attached hydrogens (tertiary/aromatic N) is 2. The lowest BCUT2D eigenvalue weighted by molar-refractivity contribution is 0.235. The van der Waals surface area contributed by atoms with E-state index in [9.17, 15) is 0 Å². The fourth-order valence-electron chi connectivity index (χ4n) is 1.47. The lowest BCUT2D eigenvalue weighted by Crippen LogP contribution is -2.19. The summed E-state index contributed by atoms with van der Waals surface area (Å²) >= 11 is 0. The molecule has 0 saturated carbocycles. The van der Waals surface area contributed by atoms with Gasteiger partial charge in [0.2, 0.25) is 0 Å². The molecule has 0 N–H and O–H groups in total. The molecule has 0 aromatic heterocycles. The Morgan fingerprint density at radius 2 is 2.06 bits per heavy atom. The molecular formula is C13H18N2O. The van der Waals surface area contributed by atoms with E-state index in [0.29, 0.717) is 6.54 Å². The number of ether oxygens (including phenoxy) is 1. The van der Waals surface area contributed by atoms with Crippen molar-refractivity contribution < 1.29 is 4.74 Å². The van der Waals surface area contributed by atoms with Crippen LogP contribution in [0.4, 0.5) is 0 Å². The molecule has 0 aliphatic heterocycles. The first-order valence-electron chi connectivity index (χ1n) is 5.43. The SMILES string of the molecule is CC(C)Oc1ccccc1CN(C)CC#N. The van der Waals surface area contributed by atoms with E-state index in [1.807, 2.05) is 50.1 Å². The van der Waals surface area contributed by atoms with Crippen molar-refractivity contribution in [1.82, 2.24) is 4.90 Å². The van der Waals surface area contributed by atoms with E-state index in [4.69, 9.17) is 10.00 Å². The van der Waals surface area contributed by atoms with Crippen LogP contribution in [0.3, 0.4) is 0 Å². The smallest absolute Gasteiger partial charge is 0.124 e. The summed E-state index contributed by atoms with van der Waals surface area (Å²) in [5.74, 6) is 0.905. The molecule has 0 spiro atoms. The van der Waals surface area contributed by atoms with Crippen LogP contribution in [0.2, 0.25) is 0 Å². The molecule has 0 radical (unpaired) electrons. The third-order valence-corrected chi connectivity index (χ3v) is 2.12. The van der Waals surface area contributed by atoms with Crippen molar-refractivity contribution in [3.8, 4) is 11.8 Å². The molecular weight excluding hydrogens is 200 g/mol. The van der Waals surface area contributed by atoms with E-state index < -0.39 is 0 Å². The Balaban J connectivity index is 2.75. The summed E-state index contributed by atoms with van der Waals surface area (Å²) in [6.45, 7) is 5.18. The van der Waals surface area contributed by atoms with E-state index in [1.165, 1.54) is 0 Å². The summed E-state index contributed by atoms with van der Waals surface area (Å²) in [6, 6.07) is 10.1. The van der Waals surface area contributed by atoms with Crippen LogP contribution in [-0.4, -0.2) is 24.6 Å². The third-order valence-electron chi connectivity index (χ3n) is 2.12. The molecule has 3 nitrogen and oxygen atoms in total. The largest absolute Gasteiger partial charge is 0.491 e. The number of nitriles is 1. The molecule has 86 valence electrons. The highest BCUT2D eigenvalue weighted by atomic mass is 16.5. The lowest BCUT2D eigenvalue weighted by Gasteiger charge is -2.17. The minimum absolute atomic E-state index is 0.169. The second kappa shape index (κ2) is 6.14. The third kappa shape index (κ3) is 3.92. The molecule has 1 rings (SSSR count). The Morgan fingerprint density at radius 3 is 2.69 bits per heavy atom. The average molecular weight is 218 g/mol. The number of hydrogen-bond acceptors (Lipinski definition) is 3. The second-order valence-corrected chi connectivity index (χ2v) is 4.10. The minimum Gasteiger partial charge on any atom is -0.491 e. The minimum atomic E-state index is 0.169. The fourth-order valence-corrected chi connectivity index (χ4v) is 1.47. The van der Waals surface area contributed by atoms with Crippen molar-refractivity contribution in [2.75, 3.05) is 13.6 Å². The molecule has 0 atom stereocenters. The van der Waals surface area contributed by atoms with Gasteiger partial charge in [0.05, 0.1) is 18.7 Å². The van der Waals surface area contributed by atoms with Crippen molar-refractivity contribution in [3.05, 3.63) is 29.8 Å². The van der Waals surface area contributed by atoms with Gasteiger partial charge in [-0.25, -0.2) is 0 Å². The van der Waals surface area contributed by atoms with Gasteiger partial charge >= 0.3 is 0 Å². The Morgan fingerprint density at radius 1 is 1.38 bits per heavy atom. The van der Waals surface area contributed by atoms with E-state index in [2.05, 4.69) is 6.07 Å². The van der Waals surface area contributed by atoms with E-state index in [0.717, 1.165) is 17.9 Å². The summed E-state index contributed by atoms with van der Waals surface area (Å²) in [5.41, 5.74) is 1.12. The summed E-state index contributed by atoms with van der Waals surface area (Å²) in [4.78, 5) is 1.96. The van der Waals surface area contributed by atoms with Crippen molar-refractivity contribution in [2.45, 2.75) is 26.5 Å². The molecule has 0 unspecified atom stereocenters. The number of benzene rings is 1. The van der Waals surface area contributed by atoms with Gasteiger partial charge in [0, 0.05) is 12.1 Å². The van der Waals surface area contributed by atoms with Crippen LogP contribution < -0.4 is 4.74 Å². The summed E-state index contributed by atoms with van der Waals surface area (Å²) in [5, 5.41) is 8.61. The molecule has 0 saturated heterocycles. The highest BCUT2D eigenvalue weighted by Crippen LogP contribution is 2.20.